The van der Waals surface area contributed by atoms with Gasteiger partial charge in [-0.05, 0) is 44.6 Å². The highest BCUT2D eigenvalue weighted by atomic mass is 35.5. The van der Waals surface area contributed by atoms with Crippen molar-refractivity contribution in [3.63, 3.8) is 0 Å². The summed E-state index contributed by atoms with van der Waals surface area (Å²) in [6, 6.07) is 2.18. The molecule has 0 spiro atoms. The molecule has 0 radical (unpaired) electrons. The molecule has 1 unspecified atom stereocenters. The fourth-order valence-corrected chi connectivity index (χ4v) is 2.44. The van der Waals surface area contributed by atoms with Crippen molar-refractivity contribution >= 4 is 11.6 Å². The van der Waals surface area contributed by atoms with Crippen molar-refractivity contribution in [1.29, 1.82) is 0 Å². The monoisotopic (exact) mass is 242 g/mol. The van der Waals surface area contributed by atoms with E-state index in [2.05, 4.69) is 36.6 Å². The van der Waals surface area contributed by atoms with Crippen LogP contribution in [0.1, 0.15) is 38.6 Å². The highest BCUT2D eigenvalue weighted by Crippen LogP contribution is 2.19. The molecule has 1 aromatic rings. The van der Waals surface area contributed by atoms with E-state index in [1.165, 1.54) is 12.1 Å². The Kier molecular flexibility index (Phi) is 5.33. The minimum absolute atomic E-state index is 0.572. The Balaban J connectivity index is 2.69. The van der Waals surface area contributed by atoms with Crippen LogP contribution in [0.25, 0.3) is 0 Å². The molecule has 0 N–H and O–H groups in total. The number of aromatic nitrogens is 2. The molecule has 1 aromatic heterocycles. The van der Waals surface area contributed by atoms with Crippen LogP contribution >= 0.6 is 11.6 Å². The maximum Gasteiger partial charge on any atom is 0.0596 e. The molecule has 0 aromatic carbocycles. The normalized spacial score (nSPS) is 13.4. The van der Waals surface area contributed by atoms with E-state index < -0.39 is 0 Å². The molecular formula is C13H23ClN2. The van der Waals surface area contributed by atoms with Crippen molar-refractivity contribution in [2.24, 2.45) is 11.8 Å². The van der Waals surface area contributed by atoms with E-state index in [1.807, 2.05) is 6.92 Å². The second-order valence-electron chi connectivity index (χ2n) is 4.95. The SMILES string of the molecule is CCn1nc(C)cc1CC(CCl)CC(C)C. The van der Waals surface area contributed by atoms with Crippen molar-refractivity contribution < 1.29 is 0 Å². The summed E-state index contributed by atoms with van der Waals surface area (Å²) >= 11 is 6.03. The second-order valence-corrected chi connectivity index (χ2v) is 5.26. The molecule has 1 atom stereocenters. The first-order valence-corrected chi connectivity index (χ1v) is 6.69. The predicted octanol–water partition coefficient (Wildman–Crippen LogP) is 3.66. The highest BCUT2D eigenvalue weighted by molar-refractivity contribution is 6.18. The van der Waals surface area contributed by atoms with E-state index in [4.69, 9.17) is 11.6 Å². The van der Waals surface area contributed by atoms with Crippen LogP contribution < -0.4 is 0 Å². The molecule has 0 fully saturated rings. The van der Waals surface area contributed by atoms with Crippen LogP contribution in [-0.4, -0.2) is 15.7 Å². The zero-order valence-electron chi connectivity index (χ0n) is 10.8. The average molecular weight is 243 g/mol. The Bertz CT molecular complexity index is 318. The predicted molar refractivity (Wildman–Crippen MR) is 70.0 cm³/mol. The molecule has 0 saturated carbocycles. The third kappa shape index (κ3) is 3.82. The van der Waals surface area contributed by atoms with Gasteiger partial charge in [-0.3, -0.25) is 4.68 Å². The van der Waals surface area contributed by atoms with Gasteiger partial charge in [-0.1, -0.05) is 13.8 Å². The molecule has 1 heterocycles. The molecular weight excluding hydrogens is 220 g/mol. The summed E-state index contributed by atoms with van der Waals surface area (Å²) in [6.07, 6.45) is 2.24. The molecule has 0 amide bonds. The minimum Gasteiger partial charge on any atom is -0.270 e. The van der Waals surface area contributed by atoms with Gasteiger partial charge >= 0.3 is 0 Å². The lowest BCUT2D eigenvalue weighted by Gasteiger charge is -2.16. The van der Waals surface area contributed by atoms with Crippen LogP contribution in [-0.2, 0) is 13.0 Å². The first kappa shape index (κ1) is 13.6. The summed E-state index contributed by atoms with van der Waals surface area (Å²) in [5, 5.41) is 4.47. The lowest BCUT2D eigenvalue weighted by Crippen LogP contribution is -2.13. The van der Waals surface area contributed by atoms with E-state index in [0.717, 1.165) is 24.5 Å². The standard InChI is InChI=1S/C13H23ClN2/c1-5-16-13(7-11(4)15-16)8-12(9-14)6-10(2)3/h7,10,12H,5-6,8-9H2,1-4H3. The first-order valence-electron chi connectivity index (χ1n) is 6.16. The summed E-state index contributed by atoms with van der Waals surface area (Å²) in [5.41, 5.74) is 2.43. The Labute approximate surface area is 104 Å². The van der Waals surface area contributed by atoms with Gasteiger partial charge in [0.15, 0.2) is 0 Å². The number of aryl methyl sites for hydroxylation is 2. The van der Waals surface area contributed by atoms with Gasteiger partial charge in [-0.15, -0.1) is 11.6 Å². The summed E-state index contributed by atoms with van der Waals surface area (Å²) in [7, 11) is 0. The van der Waals surface area contributed by atoms with Crippen LogP contribution in [0.15, 0.2) is 6.07 Å². The fraction of sp³-hybridized carbons (Fsp3) is 0.769. The van der Waals surface area contributed by atoms with Crippen LogP contribution in [0.4, 0.5) is 0 Å². The van der Waals surface area contributed by atoms with E-state index in [-0.39, 0.29) is 0 Å². The third-order valence-electron chi connectivity index (χ3n) is 2.81. The van der Waals surface area contributed by atoms with Crippen molar-refractivity contribution in [3.05, 3.63) is 17.5 Å². The first-order chi connectivity index (χ1) is 7.56. The van der Waals surface area contributed by atoms with Crippen LogP contribution in [0.5, 0.6) is 0 Å². The van der Waals surface area contributed by atoms with Crippen LogP contribution in [0, 0.1) is 18.8 Å². The van der Waals surface area contributed by atoms with Gasteiger partial charge in [-0.2, -0.15) is 5.10 Å². The Morgan fingerprint density at radius 3 is 2.62 bits per heavy atom. The van der Waals surface area contributed by atoms with Crippen LogP contribution in [0.2, 0.25) is 0 Å². The van der Waals surface area contributed by atoms with E-state index in [0.29, 0.717) is 11.8 Å². The number of hydrogen-bond donors (Lipinski definition) is 0. The van der Waals surface area contributed by atoms with Gasteiger partial charge in [0.2, 0.25) is 0 Å². The van der Waals surface area contributed by atoms with E-state index in [9.17, 15) is 0 Å². The van der Waals surface area contributed by atoms with E-state index >= 15 is 0 Å². The maximum absolute atomic E-state index is 6.03. The number of halogens is 1. The Morgan fingerprint density at radius 1 is 1.44 bits per heavy atom. The molecule has 0 aliphatic carbocycles. The van der Waals surface area contributed by atoms with Crippen LogP contribution in [0.3, 0.4) is 0 Å². The molecule has 0 saturated heterocycles. The van der Waals surface area contributed by atoms with Gasteiger partial charge in [0, 0.05) is 18.1 Å². The van der Waals surface area contributed by atoms with Crippen molar-refractivity contribution in [3.8, 4) is 0 Å². The smallest absolute Gasteiger partial charge is 0.0596 e. The maximum atomic E-state index is 6.03. The third-order valence-corrected chi connectivity index (χ3v) is 3.24. The minimum atomic E-state index is 0.572. The molecule has 0 bridgehead atoms. The Hall–Kier alpha value is -0.500. The average Bonchev–Trinajstić information content (AvgIpc) is 2.57. The number of rotatable bonds is 6. The zero-order chi connectivity index (χ0) is 12.1. The van der Waals surface area contributed by atoms with Gasteiger partial charge in [0.05, 0.1) is 5.69 Å². The molecule has 1 rings (SSSR count). The fourth-order valence-electron chi connectivity index (χ4n) is 2.20. The number of nitrogens with zero attached hydrogens (tertiary/aromatic N) is 2. The summed E-state index contributed by atoms with van der Waals surface area (Å²) in [6.45, 7) is 9.63. The summed E-state index contributed by atoms with van der Waals surface area (Å²) in [4.78, 5) is 0. The molecule has 92 valence electrons. The lowest BCUT2D eigenvalue weighted by atomic mass is 9.94. The van der Waals surface area contributed by atoms with Gasteiger partial charge in [-0.25, -0.2) is 0 Å². The second kappa shape index (κ2) is 6.29. The topological polar surface area (TPSA) is 17.8 Å². The molecule has 16 heavy (non-hydrogen) atoms. The molecule has 3 heteroatoms. The van der Waals surface area contributed by atoms with Crippen molar-refractivity contribution in [2.45, 2.75) is 47.1 Å². The number of alkyl halides is 1. The molecule has 0 aliphatic rings. The van der Waals surface area contributed by atoms with Crippen molar-refractivity contribution in [1.82, 2.24) is 9.78 Å². The summed E-state index contributed by atoms with van der Waals surface area (Å²) in [5.74, 6) is 2.03. The zero-order valence-corrected chi connectivity index (χ0v) is 11.6. The summed E-state index contributed by atoms with van der Waals surface area (Å²) < 4.78 is 2.09. The van der Waals surface area contributed by atoms with Crippen molar-refractivity contribution in [2.75, 3.05) is 5.88 Å². The van der Waals surface area contributed by atoms with Gasteiger partial charge < -0.3 is 0 Å². The Morgan fingerprint density at radius 2 is 2.12 bits per heavy atom. The highest BCUT2D eigenvalue weighted by Gasteiger charge is 2.14. The largest absolute Gasteiger partial charge is 0.270 e. The van der Waals surface area contributed by atoms with E-state index in [1.54, 1.807) is 0 Å². The van der Waals surface area contributed by atoms with Gasteiger partial charge in [0.25, 0.3) is 0 Å². The molecule has 0 aliphatic heterocycles. The quantitative estimate of drug-likeness (QED) is 0.697. The number of hydrogen-bond acceptors (Lipinski definition) is 1. The molecule has 2 nitrogen and oxygen atoms in total. The lowest BCUT2D eigenvalue weighted by molar-refractivity contribution is 0.428. The van der Waals surface area contributed by atoms with Gasteiger partial charge in [0.1, 0.15) is 0 Å².